The van der Waals surface area contributed by atoms with Gasteiger partial charge in [0.25, 0.3) is 0 Å². The molecule has 1 heterocycles. The van der Waals surface area contributed by atoms with Crippen LogP contribution in [0.5, 0.6) is 0 Å². The molecule has 0 aliphatic heterocycles. The van der Waals surface area contributed by atoms with E-state index >= 15 is 0 Å². The molecule has 1 aromatic heterocycles. The van der Waals surface area contributed by atoms with Crippen LogP contribution in [0.3, 0.4) is 0 Å². The molecule has 1 aromatic rings. The Morgan fingerprint density at radius 1 is 1.33 bits per heavy atom. The first-order chi connectivity index (χ1) is 8.58. The number of hydrogen-bond donors (Lipinski definition) is 3. The Hall–Kier alpha value is -1.63. The summed E-state index contributed by atoms with van der Waals surface area (Å²) in [5.41, 5.74) is 0. The molecule has 1 fully saturated rings. The number of aromatic nitrogens is 3. The third-order valence-electron chi connectivity index (χ3n) is 2.49. The van der Waals surface area contributed by atoms with Gasteiger partial charge < -0.3 is 16.0 Å². The Labute approximate surface area is 110 Å². The highest BCUT2D eigenvalue weighted by Gasteiger charge is 2.25. The van der Waals surface area contributed by atoms with Crippen molar-refractivity contribution in [2.24, 2.45) is 0 Å². The summed E-state index contributed by atoms with van der Waals surface area (Å²) in [7, 11) is 1.68. The van der Waals surface area contributed by atoms with E-state index in [1.165, 1.54) is 0 Å². The van der Waals surface area contributed by atoms with Crippen molar-refractivity contribution in [3.8, 4) is 0 Å². The molecule has 2 rings (SSSR count). The van der Waals surface area contributed by atoms with Gasteiger partial charge in [0.1, 0.15) is 6.04 Å². The molecule has 0 radical (unpaired) electrons. The van der Waals surface area contributed by atoms with Crippen LogP contribution in [0.4, 0.5) is 11.9 Å². The lowest BCUT2D eigenvalue weighted by molar-refractivity contribution is -0.121. The monoisotopic (exact) mass is 270 g/mol. The van der Waals surface area contributed by atoms with E-state index in [9.17, 15) is 4.79 Å². The molecule has 1 aliphatic rings. The summed E-state index contributed by atoms with van der Waals surface area (Å²) in [5.74, 6) is 0.560. The lowest BCUT2D eigenvalue weighted by Crippen LogP contribution is -2.39. The molecule has 0 saturated heterocycles. The molecule has 18 heavy (non-hydrogen) atoms. The first-order valence-electron chi connectivity index (χ1n) is 5.74. The summed E-state index contributed by atoms with van der Waals surface area (Å²) in [6, 6.07) is -0.0923. The zero-order valence-corrected chi connectivity index (χ0v) is 11.0. The van der Waals surface area contributed by atoms with Crippen LogP contribution in [0.25, 0.3) is 0 Å². The molecule has 3 N–H and O–H groups in total. The number of carbonyl (C=O) groups is 1. The van der Waals surface area contributed by atoms with Gasteiger partial charge in [0.2, 0.25) is 23.1 Å². The highest BCUT2D eigenvalue weighted by molar-refractivity contribution is 6.28. The number of carbonyl (C=O) groups excluding carboxylic acids is 1. The minimum atomic E-state index is -0.422. The SMILES string of the molecule is CNc1nc(Cl)nc(NC(C)C(=O)NC2CC2)n1. The third kappa shape index (κ3) is 3.43. The van der Waals surface area contributed by atoms with Gasteiger partial charge in [-0.1, -0.05) is 0 Å². The van der Waals surface area contributed by atoms with Crippen molar-refractivity contribution in [3.63, 3.8) is 0 Å². The fourth-order valence-corrected chi connectivity index (χ4v) is 1.50. The Bertz CT molecular complexity index is 450. The summed E-state index contributed by atoms with van der Waals surface area (Å²) in [4.78, 5) is 23.6. The van der Waals surface area contributed by atoms with Crippen LogP contribution in [-0.2, 0) is 4.79 Å². The molecule has 1 amide bonds. The summed E-state index contributed by atoms with van der Waals surface area (Å²) in [5, 5.41) is 8.63. The lowest BCUT2D eigenvalue weighted by atomic mass is 10.3. The fraction of sp³-hybridized carbons (Fsp3) is 0.600. The molecule has 8 heteroatoms. The second-order valence-corrected chi connectivity index (χ2v) is 4.49. The molecule has 98 valence electrons. The van der Waals surface area contributed by atoms with Crippen molar-refractivity contribution in [2.75, 3.05) is 17.7 Å². The Morgan fingerprint density at radius 3 is 2.61 bits per heavy atom. The van der Waals surface area contributed by atoms with E-state index in [-0.39, 0.29) is 17.1 Å². The zero-order valence-electron chi connectivity index (χ0n) is 10.2. The molecule has 1 aliphatic carbocycles. The van der Waals surface area contributed by atoms with E-state index in [4.69, 9.17) is 11.6 Å². The molecule has 1 atom stereocenters. The van der Waals surface area contributed by atoms with Crippen molar-refractivity contribution in [3.05, 3.63) is 5.28 Å². The highest BCUT2D eigenvalue weighted by Crippen LogP contribution is 2.19. The van der Waals surface area contributed by atoms with Gasteiger partial charge in [0.15, 0.2) is 0 Å². The van der Waals surface area contributed by atoms with Crippen LogP contribution in [0.15, 0.2) is 0 Å². The molecule has 0 aromatic carbocycles. The molecule has 1 unspecified atom stereocenters. The van der Waals surface area contributed by atoms with Crippen molar-refractivity contribution in [2.45, 2.75) is 31.8 Å². The molecule has 0 spiro atoms. The second-order valence-electron chi connectivity index (χ2n) is 4.15. The first-order valence-corrected chi connectivity index (χ1v) is 6.12. The average Bonchev–Trinajstić information content (AvgIpc) is 3.11. The number of nitrogens with zero attached hydrogens (tertiary/aromatic N) is 3. The van der Waals surface area contributed by atoms with Crippen molar-refractivity contribution in [1.82, 2.24) is 20.3 Å². The molecular formula is C10H15ClN6O. The molecular weight excluding hydrogens is 256 g/mol. The maximum Gasteiger partial charge on any atom is 0.242 e. The van der Waals surface area contributed by atoms with E-state index in [0.717, 1.165) is 12.8 Å². The first kappa shape index (κ1) is 12.8. The molecule has 1 saturated carbocycles. The van der Waals surface area contributed by atoms with Gasteiger partial charge in [-0.15, -0.1) is 0 Å². The van der Waals surface area contributed by atoms with E-state index in [1.54, 1.807) is 14.0 Å². The summed E-state index contributed by atoms with van der Waals surface area (Å²) >= 11 is 5.74. The number of rotatable bonds is 5. The summed E-state index contributed by atoms with van der Waals surface area (Å²) in [6.45, 7) is 1.74. The van der Waals surface area contributed by atoms with Gasteiger partial charge in [-0.3, -0.25) is 4.79 Å². The Balaban J connectivity index is 1.98. The maximum absolute atomic E-state index is 11.7. The zero-order chi connectivity index (χ0) is 13.1. The quantitative estimate of drug-likeness (QED) is 0.727. The molecule has 7 nitrogen and oxygen atoms in total. The van der Waals surface area contributed by atoms with E-state index in [2.05, 4.69) is 30.9 Å². The maximum atomic E-state index is 11.7. The topological polar surface area (TPSA) is 91.8 Å². The van der Waals surface area contributed by atoms with Gasteiger partial charge in [0.05, 0.1) is 0 Å². The Morgan fingerprint density at radius 2 is 2.00 bits per heavy atom. The van der Waals surface area contributed by atoms with Crippen molar-refractivity contribution < 1.29 is 4.79 Å². The predicted molar refractivity (Wildman–Crippen MR) is 68.6 cm³/mol. The predicted octanol–water partition coefficient (Wildman–Crippen LogP) is 0.646. The number of amides is 1. The van der Waals surface area contributed by atoms with Crippen LogP contribution in [-0.4, -0.2) is 40.0 Å². The normalized spacial score (nSPS) is 15.9. The third-order valence-corrected chi connectivity index (χ3v) is 2.66. The van der Waals surface area contributed by atoms with Crippen molar-refractivity contribution in [1.29, 1.82) is 0 Å². The summed E-state index contributed by atoms with van der Waals surface area (Å²) in [6.07, 6.45) is 2.11. The lowest BCUT2D eigenvalue weighted by Gasteiger charge is -2.13. The Kier molecular flexibility index (Phi) is 3.81. The van der Waals surface area contributed by atoms with Crippen LogP contribution < -0.4 is 16.0 Å². The smallest absolute Gasteiger partial charge is 0.242 e. The number of nitrogens with one attached hydrogen (secondary N) is 3. The molecule has 0 bridgehead atoms. The minimum Gasteiger partial charge on any atom is -0.357 e. The van der Waals surface area contributed by atoms with Gasteiger partial charge in [0, 0.05) is 13.1 Å². The van der Waals surface area contributed by atoms with E-state index < -0.39 is 6.04 Å². The average molecular weight is 271 g/mol. The number of hydrogen-bond acceptors (Lipinski definition) is 6. The highest BCUT2D eigenvalue weighted by atomic mass is 35.5. The van der Waals surface area contributed by atoms with Gasteiger partial charge >= 0.3 is 0 Å². The van der Waals surface area contributed by atoms with Gasteiger partial charge in [-0.2, -0.15) is 15.0 Å². The largest absolute Gasteiger partial charge is 0.357 e. The minimum absolute atomic E-state index is 0.0694. The number of anilines is 2. The van der Waals surface area contributed by atoms with Crippen LogP contribution in [0, 0.1) is 0 Å². The number of halogens is 1. The van der Waals surface area contributed by atoms with E-state index in [0.29, 0.717) is 12.0 Å². The fourth-order valence-electron chi connectivity index (χ4n) is 1.34. The van der Waals surface area contributed by atoms with Crippen LogP contribution in [0.2, 0.25) is 5.28 Å². The van der Waals surface area contributed by atoms with Gasteiger partial charge in [-0.05, 0) is 31.4 Å². The standard InChI is InChI=1S/C10H15ClN6O/c1-5(7(18)14-6-3-4-6)13-10-16-8(11)15-9(12-2)17-10/h5-6H,3-4H2,1-2H3,(H,14,18)(H2,12,13,15,16,17). The van der Waals surface area contributed by atoms with Crippen LogP contribution >= 0.6 is 11.6 Å². The second kappa shape index (κ2) is 5.34. The van der Waals surface area contributed by atoms with Gasteiger partial charge in [-0.25, -0.2) is 0 Å². The summed E-state index contributed by atoms with van der Waals surface area (Å²) < 4.78 is 0. The van der Waals surface area contributed by atoms with Crippen LogP contribution in [0.1, 0.15) is 19.8 Å². The van der Waals surface area contributed by atoms with Crippen molar-refractivity contribution >= 4 is 29.4 Å². The van der Waals surface area contributed by atoms with E-state index in [1.807, 2.05) is 0 Å².